The molecular formula is C36H49N3O9. The monoisotopic (exact) mass is 667 g/mol. The first-order valence-corrected chi connectivity index (χ1v) is 16.6. The topological polar surface area (TPSA) is 185 Å². The summed E-state index contributed by atoms with van der Waals surface area (Å²) in [7, 11) is 2.97. The second kappa shape index (κ2) is 15.4. The van der Waals surface area contributed by atoms with E-state index in [-0.39, 0.29) is 54.2 Å². The number of dihydropyridines is 1. The molecule has 262 valence electrons. The number of methoxy groups -OCH3 is 2. The fraction of sp³-hybridized carbons (Fsp3) is 0.528. The first-order chi connectivity index (χ1) is 23.0. The lowest BCUT2D eigenvalue weighted by molar-refractivity contribution is -0.141. The van der Waals surface area contributed by atoms with Gasteiger partial charge < -0.3 is 55.7 Å². The van der Waals surface area contributed by atoms with Crippen LogP contribution in [0.15, 0.2) is 53.9 Å². The summed E-state index contributed by atoms with van der Waals surface area (Å²) >= 11 is 0. The standard InChI is InChI=1S/C36H49N3O9/c1-21-8-10-36(19-34(42)43,18-23-9-11-38-33(37)13-23)32(39-21)20-47-31-15-24(14-30(46-3)35(31)44)28-17-25(40)16-26(48-28)6-4-22-5-7-27(41)29(12-22)45-2/h5,7,9,12-15,21,25-26,28,32,38-41,44H,4,6,8,10-11,16-20,37H2,1-3H3,(H,42,43). The third-order valence-electron chi connectivity index (χ3n) is 9.81. The number of aliphatic hydroxyl groups excluding tert-OH is 1. The molecule has 3 heterocycles. The number of aliphatic carboxylic acids is 1. The minimum Gasteiger partial charge on any atom is -0.504 e. The average Bonchev–Trinajstić information content (AvgIpc) is 3.05. The van der Waals surface area contributed by atoms with E-state index in [0.717, 1.165) is 17.6 Å². The van der Waals surface area contributed by atoms with Crippen LogP contribution in [0, 0.1) is 5.41 Å². The highest BCUT2D eigenvalue weighted by Gasteiger charge is 2.45. The van der Waals surface area contributed by atoms with Crippen LogP contribution < -0.4 is 30.6 Å². The largest absolute Gasteiger partial charge is 0.504 e. The predicted molar refractivity (Wildman–Crippen MR) is 179 cm³/mol. The molecule has 2 fully saturated rings. The molecule has 48 heavy (non-hydrogen) atoms. The molecule has 3 aliphatic rings. The Labute approximate surface area is 281 Å². The summed E-state index contributed by atoms with van der Waals surface area (Å²) in [5.41, 5.74) is 8.03. The van der Waals surface area contributed by atoms with E-state index in [1.807, 2.05) is 18.2 Å². The SMILES string of the molecule is COc1cc(CCC2CC(O)CC(c3cc(OC)c(O)c(OCC4NC(C)CCC4(CC(=O)O)CC4=CCNC(N)=C4)c3)O2)ccc1O. The van der Waals surface area contributed by atoms with E-state index in [0.29, 0.717) is 62.2 Å². The number of hydrogen-bond acceptors (Lipinski definition) is 11. The molecule has 6 unspecified atom stereocenters. The van der Waals surface area contributed by atoms with Gasteiger partial charge in [0.1, 0.15) is 6.61 Å². The van der Waals surface area contributed by atoms with E-state index in [2.05, 4.69) is 17.6 Å². The minimum atomic E-state index is -0.888. The zero-order chi connectivity index (χ0) is 34.4. The van der Waals surface area contributed by atoms with Crippen molar-refractivity contribution >= 4 is 5.97 Å². The maximum Gasteiger partial charge on any atom is 0.303 e. The van der Waals surface area contributed by atoms with Crippen LogP contribution in [-0.4, -0.2) is 78.1 Å². The number of carboxylic acid groups (broad SMARTS) is 1. The van der Waals surface area contributed by atoms with Crippen LogP contribution >= 0.6 is 0 Å². The number of hydrogen-bond donors (Lipinski definition) is 7. The van der Waals surface area contributed by atoms with Gasteiger partial charge in [0.05, 0.1) is 44.8 Å². The van der Waals surface area contributed by atoms with Gasteiger partial charge in [0.15, 0.2) is 23.0 Å². The summed E-state index contributed by atoms with van der Waals surface area (Å²) < 4.78 is 23.6. The number of carboxylic acids is 1. The molecule has 0 aliphatic carbocycles. The maximum atomic E-state index is 12.2. The molecule has 0 bridgehead atoms. The van der Waals surface area contributed by atoms with E-state index in [9.17, 15) is 25.2 Å². The number of aromatic hydroxyl groups is 2. The lowest BCUT2D eigenvalue weighted by Crippen LogP contribution is -2.57. The molecule has 0 spiro atoms. The highest BCUT2D eigenvalue weighted by molar-refractivity contribution is 5.68. The fourth-order valence-corrected chi connectivity index (χ4v) is 7.26. The van der Waals surface area contributed by atoms with Crippen molar-refractivity contribution in [2.75, 3.05) is 27.4 Å². The molecule has 8 N–H and O–H groups in total. The molecule has 2 aromatic rings. The highest BCUT2D eigenvalue weighted by atomic mass is 16.5. The van der Waals surface area contributed by atoms with Gasteiger partial charge in [0, 0.05) is 30.5 Å². The van der Waals surface area contributed by atoms with Crippen molar-refractivity contribution in [1.29, 1.82) is 0 Å². The Bertz CT molecular complexity index is 1510. The highest BCUT2D eigenvalue weighted by Crippen LogP contribution is 2.46. The summed E-state index contributed by atoms with van der Waals surface area (Å²) in [6, 6.07) is 8.45. The first kappa shape index (κ1) is 35.2. The summed E-state index contributed by atoms with van der Waals surface area (Å²) in [4.78, 5) is 12.2. The van der Waals surface area contributed by atoms with E-state index < -0.39 is 23.6 Å². The number of benzene rings is 2. The number of aryl methyl sites for hydroxylation is 1. The van der Waals surface area contributed by atoms with E-state index in [4.69, 9.17) is 24.7 Å². The molecule has 0 radical (unpaired) electrons. The quantitative estimate of drug-likeness (QED) is 0.163. The molecule has 2 aromatic carbocycles. The van der Waals surface area contributed by atoms with Gasteiger partial charge in [0.2, 0.25) is 5.75 Å². The van der Waals surface area contributed by atoms with Gasteiger partial charge >= 0.3 is 5.97 Å². The van der Waals surface area contributed by atoms with Crippen LogP contribution in [0.4, 0.5) is 0 Å². The predicted octanol–water partition coefficient (Wildman–Crippen LogP) is 4.03. The first-order valence-electron chi connectivity index (χ1n) is 16.6. The van der Waals surface area contributed by atoms with E-state index in [1.54, 1.807) is 24.3 Å². The third-order valence-corrected chi connectivity index (χ3v) is 9.81. The molecule has 12 heteroatoms. The van der Waals surface area contributed by atoms with Gasteiger partial charge in [-0.25, -0.2) is 0 Å². The maximum absolute atomic E-state index is 12.2. The van der Waals surface area contributed by atoms with Crippen molar-refractivity contribution in [1.82, 2.24) is 10.6 Å². The zero-order valence-corrected chi connectivity index (χ0v) is 27.9. The molecule has 2 saturated heterocycles. The van der Waals surface area contributed by atoms with Crippen LogP contribution in [-0.2, 0) is 16.0 Å². The lowest BCUT2D eigenvalue weighted by atomic mass is 9.66. The van der Waals surface area contributed by atoms with Crippen molar-refractivity contribution in [3.63, 3.8) is 0 Å². The molecule has 3 aliphatic heterocycles. The number of allylic oxidation sites excluding steroid dienone is 2. The van der Waals surface area contributed by atoms with Gasteiger partial charge in [-0.1, -0.05) is 12.1 Å². The van der Waals surface area contributed by atoms with Crippen LogP contribution in [0.5, 0.6) is 28.7 Å². The molecular weight excluding hydrogens is 618 g/mol. The fourth-order valence-electron chi connectivity index (χ4n) is 7.26. The normalized spacial score (nSPS) is 27.3. The second-order valence-corrected chi connectivity index (χ2v) is 13.3. The van der Waals surface area contributed by atoms with Crippen molar-refractivity contribution in [3.05, 3.63) is 65.0 Å². The number of piperidine rings is 1. The summed E-state index contributed by atoms with van der Waals surface area (Å²) in [5, 5.41) is 48.5. The Hall–Kier alpha value is -4.13. The van der Waals surface area contributed by atoms with Crippen LogP contribution in [0.2, 0.25) is 0 Å². The number of nitrogens with one attached hydrogen (secondary N) is 2. The van der Waals surface area contributed by atoms with E-state index >= 15 is 0 Å². The average molecular weight is 668 g/mol. The molecule has 0 aromatic heterocycles. The van der Waals surface area contributed by atoms with Crippen molar-refractivity contribution in [2.45, 2.75) is 88.7 Å². The number of aliphatic hydroxyl groups is 1. The smallest absolute Gasteiger partial charge is 0.303 e. The summed E-state index contributed by atoms with van der Waals surface area (Å²) in [5.74, 6) is 0.377. The number of phenols is 2. The van der Waals surface area contributed by atoms with Crippen LogP contribution in [0.25, 0.3) is 0 Å². The van der Waals surface area contributed by atoms with Gasteiger partial charge in [-0.15, -0.1) is 0 Å². The molecule has 5 rings (SSSR count). The van der Waals surface area contributed by atoms with Gasteiger partial charge in [-0.3, -0.25) is 4.79 Å². The minimum absolute atomic E-state index is 0.0548. The second-order valence-electron chi connectivity index (χ2n) is 13.3. The van der Waals surface area contributed by atoms with E-state index in [1.165, 1.54) is 14.2 Å². The van der Waals surface area contributed by atoms with Gasteiger partial charge in [0.25, 0.3) is 0 Å². The Kier molecular flexibility index (Phi) is 11.3. The third kappa shape index (κ3) is 8.47. The Morgan fingerprint density at radius 1 is 1.10 bits per heavy atom. The van der Waals surface area contributed by atoms with Gasteiger partial charge in [-0.2, -0.15) is 0 Å². The molecule has 6 atom stereocenters. The van der Waals surface area contributed by atoms with Crippen LogP contribution in [0.1, 0.15) is 69.1 Å². The Balaban J connectivity index is 1.34. The summed E-state index contributed by atoms with van der Waals surface area (Å²) in [6.07, 6.45) is 6.68. The number of nitrogens with two attached hydrogens (primary N) is 1. The Morgan fingerprint density at radius 3 is 2.60 bits per heavy atom. The van der Waals surface area contributed by atoms with Crippen molar-refractivity contribution in [2.24, 2.45) is 11.1 Å². The lowest BCUT2D eigenvalue weighted by Gasteiger charge is -2.46. The number of ether oxygens (including phenoxy) is 4. The Morgan fingerprint density at radius 2 is 1.88 bits per heavy atom. The summed E-state index contributed by atoms with van der Waals surface area (Å²) in [6.45, 7) is 2.76. The molecule has 0 amide bonds. The zero-order valence-electron chi connectivity index (χ0n) is 27.9. The van der Waals surface area contributed by atoms with Crippen LogP contribution in [0.3, 0.4) is 0 Å². The number of rotatable bonds is 13. The van der Waals surface area contributed by atoms with Crippen molar-refractivity contribution < 1.29 is 44.2 Å². The molecule has 0 saturated carbocycles. The molecule has 12 nitrogen and oxygen atoms in total. The van der Waals surface area contributed by atoms with Gasteiger partial charge in [-0.05, 0) is 92.5 Å². The number of phenolic OH excluding ortho intramolecular Hbond substituents is 2. The number of carbonyl (C=O) groups is 1. The van der Waals surface area contributed by atoms with Crippen molar-refractivity contribution in [3.8, 4) is 28.7 Å².